The molecule has 1 atom stereocenters. The van der Waals surface area contributed by atoms with Crippen molar-refractivity contribution in [1.82, 2.24) is 5.48 Å². The number of sulfonamides is 1. The van der Waals surface area contributed by atoms with Crippen molar-refractivity contribution in [3.05, 3.63) is 95.1 Å². The van der Waals surface area contributed by atoms with Crippen molar-refractivity contribution in [2.24, 2.45) is 10.3 Å². The third-order valence-corrected chi connectivity index (χ3v) is 9.18. The molecule has 13 heteroatoms. The van der Waals surface area contributed by atoms with E-state index >= 15 is 0 Å². The highest BCUT2D eigenvalue weighted by Gasteiger charge is 2.50. The minimum absolute atomic E-state index is 0.0657. The van der Waals surface area contributed by atoms with E-state index in [1.54, 1.807) is 24.3 Å². The number of aliphatic hydroxyl groups excluding tert-OH is 1. The first kappa shape index (κ1) is 30.7. The molecule has 11 nitrogen and oxygen atoms in total. The number of hydrogen-bond acceptors (Lipinski definition) is 10. The van der Waals surface area contributed by atoms with Crippen molar-refractivity contribution in [2.75, 3.05) is 16.3 Å². The van der Waals surface area contributed by atoms with Gasteiger partial charge in [-0.1, -0.05) is 79.2 Å². The fraction of sp³-hybridized carbons (Fsp3) is 0.267. The number of fused-ring (bicyclic) bond motifs is 2. The predicted octanol–water partition coefficient (Wildman–Crippen LogP) is 5.81. The second-order valence-electron chi connectivity index (χ2n) is 11.0. The molecule has 5 rings (SSSR count). The van der Waals surface area contributed by atoms with Crippen LogP contribution in [0.15, 0.2) is 87.7 Å². The van der Waals surface area contributed by atoms with Crippen molar-refractivity contribution < 1.29 is 32.3 Å². The maximum Gasteiger partial charge on any atom is 0.229 e. The van der Waals surface area contributed by atoms with Crippen molar-refractivity contribution in [3.8, 4) is 0 Å². The SMILES string of the molecule is CC(C)CCC1(NOCc2ccccc2)C(=O)C(C2=NS(O)(O)c3cc(NS(C)(=O)=O)ccc3N2)=C(O)c2ccccc21. The van der Waals surface area contributed by atoms with E-state index in [-0.39, 0.29) is 46.0 Å². The number of nitrogens with one attached hydrogen (secondary N) is 3. The number of anilines is 2. The smallest absolute Gasteiger partial charge is 0.229 e. The molecule has 2 aliphatic rings. The van der Waals surface area contributed by atoms with Crippen molar-refractivity contribution in [2.45, 2.75) is 43.7 Å². The van der Waals surface area contributed by atoms with Gasteiger partial charge in [0.1, 0.15) is 21.8 Å². The van der Waals surface area contributed by atoms with E-state index in [4.69, 9.17) is 4.84 Å². The van der Waals surface area contributed by atoms with E-state index in [0.717, 1.165) is 11.8 Å². The first-order valence-corrected chi connectivity index (χ1v) is 17.0. The van der Waals surface area contributed by atoms with Gasteiger partial charge in [0.15, 0.2) is 11.6 Å². The molecular weight excluding hydrogens is 592 g/mol. The summed E-state index contributed by atoms with van der Waals surface area (Å²) in [5.41, 5.74) is 3.46. The minimum atomic E-state index is -3.92. The van der Waals surface area contributed by atoms with E-state index in [9.17, 15) is 27.4 Å². The van der Waals surface area contributed by atoms with E-state index < -0.39 is 32.1 Å². The molecule has 1 heterocycles. The van der Waals surface area contributed by atoms with Crippen LogP contribution in [-0.2, 0) is 31.8 Å². The standard InChI is InChI=1S/C30H34N4O7S2/c1-19(2)15-16-30(34-41-18-20-9-5-4-6-10-20)23-12-8-7-11-22(23)27(35)26(28(30)36)29-31-24-14-13-21(32-42(3,37)38)17-25(24)43(39,40)33-29/h4-14,17,19,32,34-35,39-40H,15-16,18H2,1-3H3,(H,31,33). The minimum Gasteiger partial charge on any atom is -0.506 e. The molecule has 6 N–H and O–H groups in total. The lowest BCUT2D eigenvalue weighted by molar-refractivity contribution is -0.132. The number of benzene rings is 3. The van der Waals surface area contributed by atoms with Gasteiger partial charge in [-0.05, 0) is 48.1 Å². The molecule has 43 heavy (non-hydrogen) atoms. The molecule has 0 spiro atoms. The van der Waals surface area contributed by atoms with Crippen molar-refractivity contribution >= 4 is 49.6 Å². The summed E-state index contributed by atoms with van der Waals surface area (Å²) >= 11 is 0. The number of amidine groups is 1. The van der Waals surface area contributed by atoms with Crippen LogP contribution in [0.3, 0.4) is 0 Å². The highest BCUT2D eigenvalue weighted by atomic mass is 32.3. The number of hydroxylamine groups is 1. The lowest BCUT2D eigenvalue weighted by Crippen LogP contribution is -2.53. The number of hydrogen-bond donors (Lipinski definition) is 6. The Morgan fingerprint density at radius 1 is 1.05 bits per heavy atom. The molecule has 1 aliphatic carbocycles. The number of aliphatic hydroxyl groups is 1. The zero-order valence-corrected chi connectivity index (χ0v) is 25.5. The van der Waals surface area contributed by atoms with Gasteiger partial charge in [-0.15, -0.1) is 4.40 Å². The summed E-state index contributed by atoms with van der Waals surface area (Å²) in [5.74, 6) is -0.926. The second kappa shape index (κ2) is 11.8. The van der Waals surface area contributed by atoms with E-state index in [2.05, 4.69) is 19.9 Å². The molecule has 1 aliphatic heterocycles. The molecule has 0 aromatic heterocycles. The third-order valence-electron chi connectivity index (χ3n) is 7.21. The molecule has 0 saturated heterocycles. The molecular formula is C30H34N4O7S2. The van der Waals surface area contributed by atoms with Crippen LogP contribution in [0.5, 0.6) is 0 Å². The quantitative estimate of drug-likeness (QED) is 0.152. The van der Waals surface area contributed by atoms with Crippen LogP contribution in [-0.4, -0.2) is 40.5 Å². The van der Waals surface area contributed by atoms with Gasteiger partial charge < -0.3 is 10.4 Å². The molecule has 3 aromatic carbocycles. The summed E-state index contributed by atoms with van der Waals surface area (Å²) in [6.07, 6.45) is 1.92. The highest BCUT2D eigenvalue weighted by molar-refractivity contribution is 8.23. The summed E-state index contributed by atoms with van der Waals surface area (Å²) in [4.78, 5) is 20.5. The molecule has 0 fully saturated rings. The number of carbonyl (C=O) groups excluding carboxylic acids is 1. The monoisotopic (exact) mass is 626 g/mol. The number of Topliss-reactive ketones (excluding diaryl/α,β-unsaturated/α-hetero) is 1. The van der Waals surface area contributed by atoms with Crippen LogP contribution in [0.1, 0.15) is 43.4 Å². The Labute approximate surface area is 252 Å². The van der Waals surface area contributed by atoms with Crippen LogP contribution >= 0.6 is 10.8 Å². The van der Waals surface area contributed by atoms with Crippen LogP contribution in [0.2, 0.25) is 0 Å². The van der Waals surface area contributed by atoms with Gasteiger partial charge in [-0.3, -0.25) is 23.5 Å². The lowest BCUT2D eigenvalue weighted by Gasteiger charge is -2.40. The second-order valence-corrected chi connectivity index (χ2v) is 14.4. The molecule has 0 bridgehead atoms. The van der Waals surface area contributed by atoms with Gasteiger partial charge in [-0.25, -0.2) is 8.42 Å². The summed E-state index contributed by atoms with van der Waals surface area (Å²) in [7, 11) is -7.54. The van der Waals surface area contributed by atoms with E-state index in [1.807, 2.05) is 44.2 Å². The fourth-order valence-corrected chi connectivity index (χ4v) is 6.89. The molecule has 0 amide bonds. The zero-order chi connectivity index (χ0) is 31.0. The fourth-order valence-electron chi connectivity index (χ4n) is 5.15. The number of ketones is 1. The average Bonchev–Trinajstić information content (AvgIpc) is 2.94. The Bertz CT molecular complexity index is 1720. The average molecular weight is 627 g/mol. The Balaban J connectivity index is 1.58. The number of nitrogens with zero attached hydrogens (tertiary/aromatic N) is 1. The van der Waals surface area contributed by atoms with Crippen LogP contribution in [0, 0.1) is 5.92 Å². The van der Waals surface area contributed by atoms with Gasteiger partial charge in [0.25, 0.3) is 0 Å². The van der Waals surface area contributed by atoms with Gasteiger partial charge >= 0.3 is 0 Å². The summed E-state index contributed by atoms with van der Waals surface area (Å²) in [6.45, 7) is 4.25. The maximum atomic E-state index is 14.6. The van der Waals surface area contributed by atoms with E-state index in [1.165, 1.54) is 18.2 Å². The Morgan fingerprint density at radius 2 is 1.74 bits per heavy atom. The van der Waals surface area contributed by atoms with Gasteiger partial charge in [0, 0.05) is 5.56 Å². The lowest BCUT2D eigenvalue weighted by atomic mass is 9.71. The molecule has 0 saturated carbocycles. The Hall–Kier alpha value is -3.72. The molecule has 228 valence electrons. The number of rotatable bonds is 10. The van der Waals surface area contributed by atoms with Crippen LogP contribution < -0.4 is 15.5 Å². The maximum absolute atomic E-state index is 14.6. The van der Waals surface area contributed by atoms with Gasteiger partial charge in [0.2, 0.25) is 10.0 Å². The summed E-state index contributed by atoms with van der Waals surface area (Å²) < 4.78 is 52.0. The Kier molecular flexibility index (Phi) is 8.40. The molecule has 1 unspecified atom stereocenters. The molecule has 3 aromatic rings. The van der Waals surface area contributed by atoms with Crippen LogP contribution in [0.25, 0.3) is 5.76 Å². The summed E-state index contributed by atoms with van der Waals surface area (Å²) in [5, 5.41) is 14.4. The van der Waals surface area contributed by atoms with Gasteiger partial charge in [-0.2, -0.15) is 5.48 Å². The van der Waals surface area contributed by atoms with E-state index in [0.29, 0.717) is 24.0 Å². The van der Waals surface area contributed by atoms with Crippen molar-refractivity contribution in [1.29, 1.82) is 0 Å². The van der Waals surface area contributed by atoms with Crippen molar-refractivity contribution in [3.63, 3.8) is 0 Å². The number of carbonyl (C=O) groups is 1. The first-order chi connectivity index (χ1) is 20.3. The third kappa shape index (κ3) is 6.32. The summed E-state index contributed by atoms with van der Waals surface area (Å²) in [6, 6.07) is 20.5. The topological polar surface area (TPSA) is 170 Å². The predicted molar refractivity (Wildman–Crippen MR) is 168 cm³/mol. The van der Waals surface area contributed by atoms with Crippen LogP contribution in [0.4, 0.5) is 11.4 Å². The first-order valence-electron chi connectivity index (χ1n) is 13.6. The van der Waals surface area contributed by atoms with Gasteiger partial charge in [0.05, 0.1) is 24.2 Å². The zero-order valence-electron chi connectivity index (χ0n) is 23.9. The largest absolute Gasteiger partial charge is 0.506 e. The normalized spacial score (nSPS) is 20.1. The molecule has 0 radical (unpaired) electrons. The highest BCUT2D eigenvalue weighted by Crippen LogP contribution is 2.57. The Morgan fingerprint density at radius 3 is 2.44 bits per heavy atom.